The van der Waals surface area contributed by atoms with E-state index in [1.54, 1.807) is 0 Å². The molecular weight excluding hydrogens is 226 g/mol. The molecule has 0 fully saturated rings. The van der Waals surface area contributed by atoms with Gasteiger partial charge in [-0.3, -0.25) is 0 Å². The summed E-state index contributed by atoms with van der Waals surface area (Å²) in [6, 6.07) is 1.84. The first-order valence-corrected chi connectivity index (χ1v) is 7.17. The third-order valence-corrected chi connectivity index (χ3v) is 2.99. The molecule has 0 aliphatic carbocycles. The Morgan fingerprint density at radius 3 is 2.56 bits per heavy atom. The van der Waals surface area contributed by atoms with E-state index in [4.69, 9.17) is 0 Å². The van der Waals surface area contributed by atoms with Crippen LogP contribution in [0.3, 0.4) is 0 Å². The van der Waals surface area contributed by atoms with E-state index >= 15 is 0 Å². The van der Waals surface area contributed by atoms with Crippen LogP contribution in [-0.4, -0.2) is 36.9 Å². The zero-order valence-corrected chi connectivity index (χ0v) is 10.6. The number of nitrogens with one attached hydrogen (secondary N) is 1. The van der Waals surface area contributed by atoms with Gasteiger partial charge in [-0.25, -0.2) is 18.4 Å². The zero-order chi connectivity index (χ0) is 12.2. The van der Waals surface area contributed by atoms with Crippen molar-refractivity contribution in [1.82, 2.24) is 9.97 Å². The Hall–Kier alpha value is -1.17. The van der Waals surface area contributed by atoms with Gasteiger partial charge in [-0.15, -0.1) is 0 Å². The minimum Gasteiger partial charge on any atom is -0.370 e. The maximum absolute atomic E-state index is 10.9. The van der Waals surface area contributed by atoms with E-state index in [2.05, 4.69) is 15.3 Å². The molecule has 0 saturated carbocycles. The molecule has 0 saturated heterocycles. The van der Waals surface area contributed by atoms with Crippen molar-refractivity contribution >= 4 is 15.7 Å². The second-order valence-corrected chi connectivity index (χ2v) is 6.11. The SMILES string of the molecule is Cc1cc(NCCCS(C)(=O)=O)nc(C)n1. The molecule has 0 aromatic carbocycles. The predicted octanol–water partition coefficient (Wildman–Crippen LogP) is 0.940. The number of hydrogen-bond donors (Lipinski definition) is 1. The first-order chi connectivity index (χ1) is 7.37. The van der Waals surface area contributed by atoms with Gasteiger partial charge in [0, 0.05) is 24.6 Å². The van der Waals surface area contributed by atoms with Crippen LogP contribution in [0.25, 0.3) is 0 Å². The van der Waals surface area contributed by atoms with Gasteiger partial charge < -0.3 is 5.32 Å². The van der Waals surface area contributed by atoms with E-state index in [0.29, 0.717) is 18.8 Å². The van der Waals surface area contributed by atoms with Gasteiger partial charge in [0.2, 0.25) is 0 Å². The molecule has 0 atom stereocenters. The van der Waals surface area contributed by atoms with E-state index in [9.17, 15) is 8.42 Å². The van der Waals surface area contributed by atoms with Gasteiger partial charge in [0.25, 0.3) is 0 Å². The Kier molecular flexibility index (Phi) is 4.23. The highest BCUT2D eigenvalue weighted by molar-refractivity contribution is 7.90. The number of rotatable bonds is 5. The number of nitrogens with zero attached hydrogens (tertiary/aromatic N) is 2. The molecule has 1 aromatic rings. The van der Waals surface area contributed by atoms with E-state index in [0.717, 1.165) is 11.5 Å². The standard InChI is InChI=1S/C10H17N3O2S/c1-8-7-10(13-9(2)12-8)11-5-4-6-16(3,14)15/h7H,4-6H2,1-3H3,(H,11,12,13). The molecule has 1 aromatic heterocycles. The van der Waals surface area contributed by atoms with E-state index in [1.165, 1.54) is 6.26 Å². The molecule has 0 unspecified atom stereocenters. The van der Waals surface area contributed by atoms with Gasteiger partial charge in [0.15, 0.2) is 0 Å². The average molecular weight is 243 g/mol. The molecule has 0 radical (unpaired) electrons. The van der Waals surface area contributed by atoms with Gasteiger partial charge in [0.05, 0.1) is 5.75 Å². The molecule has 0 spiro atoms. The zero-order valence-electron chi connectivity index (χ0n) is 9.82. The van der Waals surface area contributed by atoms with Crippen LogP contribution in [0.2, 0.25) is 0 Å². The third kappa shape index (κ3) is 5.06. The number of aromatic nitrogens is 2. The lowest BCUT2D eigenvalue weighted by Crippen LogP contribution is -2.11. The van der Waals surface area contributed by atoms with Crippen molar-refractivity contribution in [1.29, 1.82) is 0 Å². The monoisotopic (exact) mass is 243 g/mol. The fourth-order valence-corrected chi connectivity index (χ4v) is 2.03. The van der Waals surface area contributed by atoms with E-state index in [-0.39, 0.29) is 5.75 Å². The summed E-state index contributed by atoms with van der Waals surface area (Å²) in [4.78, 5) is 8.35. The molecule has 0 aliphatic rings. The lowest BCUT2D eigenvalue weighted by molar-refractivity contribution is 0.600. The Morgan fingerprint density at radius 2 is 2.00 bits per heavy atom. The highest BCUT2D eigenvalue weighted by Crippen LogP contribution is 2.05. The van der Waals surface area contributed by atoms with Crippen LogP contribution in [0.4, 0.5) is 5.82 Å². The fraction of sp³-hybridized carbons (Fsp3) is 0.600. The van der Waals surface area contributed by atoms with Crippen LogP contribution < -0.4 is 5.32 Å². The lowest BCUT2D eigenvalue weighted by atomic mass is 10.4. The molecule has 0 amide bonds. The van der Waals surface area contributed by atoms with E-state index < -0.39 is 9.84 Å². The Morgan fingerprint density at radius 1 is 1.31 bits per heavy atom. The molecule has 16 heavy (non-hydrogen) atoms. The number of sulfone groups is 1. The number of anilines is 1. The van der Waals surface area contributed by atoms with Crippen molar-refractivity contribution in [2.45, 2.75) is 20.3 Å². The highest BCUT2D eigenvalue weighted by atomic mass is 32.2. The summed E-state index contributed by atoms with van der Waals surface area (Å²) in [5.41, 5.74) is 0.901. The summed E-state index contributed by atoms with van der Waals surface area (Å²) in [6.07, 6.45) is 1.83. The smallest absolute Gasteiger partial charge is 0.147 e. The quantitative estimate of drug-likeness (QED) is 0.779. The molecule has 5 nitrogen and oxygen atoms in total. The van der Waals surface area contributed by atoms with Crippen molar-refractivity contribution in [3.63, 3.8) is 0 Å². The van der Waals surface area contributed by atoms with Gasteiger partial charge in [-0.05, 0) is 20.3 Å². The summed E-state index contributed by atoms with van der Waals surface area (Å²) in [5.74, 6) is 1.66. The maximum Gasteiger partial charge on any atom is 0.147 e. The minimum absolute atomic E-state index is 0.197. The van der Waals surface area contributed by atoms with Crippen LogP contribution in [0.1, 0.15) is 17.9 Å². The van der Waals surface area contributed by atoms with E-state index in [1.807, 2.05) is 19.9 Å². The summed E-state index contributed by atoms with van der Waals surface area (Å²) < 4.78 is 21.8. The van der Waals surface area contributed by atoms with Gasteiger partial charge in [-0.1, -0.05) is 0 Å². The fourth-order valence-electron chi connectivity index (χ4n) is 1.36. The molecule has 90 valence electrons. The summed E-state index contributed by atoms with van der Waals surface area (Å²) in [6.45, 7) is 4.33. The highest BCUT2D eigenvalue weighted by Gasteiger charge is 2.02. The molecule has 1 N–H and O–H groups in total. The number of hydrogen-bond acceptors (Lipinski definition) is 5. The van der Waals surface area contributed by atoms with Crippen molar-refractivity contribution in [2.24, 2.45) is 0 Å². The summed E-state index contributed by atoms with van der Waals surface area (Å²) >= 11 is 0. The topological polar surface area (TPSA) is 72.0 Å². The summed E-state index contributed by atoms with van der Waals surface area (Å²) in [7, 11) is -2.87. The molecule has 6 heteroatoms. The molecule has 1 rings (SSSR count). The number of aryl methyl sites for hydroxylation is 2. The van der Waals surface area contributed by atoms with Gasteiger partial charge in [-0.2, -0.15) is 0 Å². The van der Waals surface area contributed by atoms with Crippen LogP contribution in [0.15, 0.2) is 6.07 Å². The second-order valence-electron chi connectivity index (χ2n) is 3.85. The third-order valence-electron chi connectivity index (χ3n) is 1.96. The Labute approximate surface area is 96.2 Å². The second kappa shape index (κ2) is 5.25. The van der Waals surface area contributed by atoms with Crippen LogP contribution in [-0.2, 0) is 9.84 Å². The Bertz CT molecular complexity index is 437. The first-order valence-electron chi connectivity index (χ1n) is 5.11. The van der Waals surface area contributed by atoms with Crippen LogP contribution >= 0.6 is 0 Å². The molecule has 1 heterocycles. The average Bonchev–Trinajstić information content (AvgIpc) is 2.09. The van der Waals surface area contributed by atoms with Crippen molar-refractivity contribution < 1.29 is 8.42 Å². The van der Waals surface area contributed by atoms with Gasteiger partial charge >= 0.3 is 0 Å². The van der Waals surface area contributed by atoms with Gasteiger partial charge in [0.1, 0.15) is 21.5 Å². The molecule has 0 bridgehead atoms. The first kappa shape index (κ1) is 12.9. The van der Waals surface area contributed by atoms with Crippen molar-refractivity contribution in [3.8, 4) is 0 Å². The predicted molar refractivity (Wildman–Crippen MR) is 64.3 cm³/mol. The summed E-state index contributed by atoms with van der Waals surface area (Å²) in [5, 5.41) is 3.08. The van der Waals surface area contributed by atoms with Crippen molar-refractivity contribution in [3.05, 3.63) is 17.6 Å². The largest absolute Gasteiger partial charge is 0.370 e. The molecule has 0 aliphatic heterocycles. The van der Waals surface area contributed by atoms with Crippen molar-refractivity contribution in [2.75, 3.05) is 23.9 Å². The normalized spacial score (nSPS) is 11.4. The van der Waals surface area contributed by atoms with Crippen LogP contribution in [0, 0.1) is 13.8 Å². The maximum atomic E-state index is 10.9. The molecular formula is C10H17N3O2S. The lowest BCUT2D eigenvalue weighted by Gasteiger charge is -2.06. The Balaban J connectivity index is 2.43. The minimum atomic E-state index is -2.87. The van der Waals surface area contributed by atoms with Crippen LogP contribution in [0.5, 0.6) is 0 Å².